The van der Waals surface area contributed by atoms with Crippen molar-refractivity contribution in [1.82, 2.24) is 4.98 Å². The third-order valence-electron chi connectivity index (χ3n) is 3.75. The number of rotatable bonds is 2. The van der Waals surface area contributed by atoms with Crippen molar-refractivity contribution in [3.05, 3.63) is 53.2 Å². The maximum Gasteiger partial charge on any atom is 0.313 e. The highest BCUT2D eigenvalue weighted by Gasteiger charge is 2.30. The molecule has 1 N–H and O–H groups in total. The molecule has 4 heteroatoms. The van der Waals surface area contributed by atoms with Gasteiger partial charge in [-0.2, -0.15) is 0 Å². The molecule has 2 heterocycles. The predicted molar refractivity (Wildman–Crippen MR) is 74.2 cm³/mol. The number of carboxylic acids is 1. The quantitative estimate of drug-likeness (QED) is 0.776. The zero-order chi connectivity index (χ0) is 14.3. The first-order valence-corrected chi connectivity index (χ1v) is 6.47. The highest BCUT2D eigenvalue weighted by molar-refractivity contribution is 5.80. The van der Waals surface area contributed by atoms with E-state index in [4.69, 9.17) is 4.74 Å². The van der Waals surface area contributed by atoms with E-state index in [9.17, 15) is 9.90 Å². The Kier molecular flexibility index (Phi) is 2.74. The van der Waals surface area contributed by atoms with Crippen LogP contribution in [0.3, 0.4) is 0 Å². The maximum atomic E-state index is 11.3. The van der Waals surface area contributed by atoms with Crippen molar-refractivity contribution in [3.8, 4) is 11.6 Å². The van der Waals surface area contributed by atoms with Gasteiger partial charge in [-0.05, 0) is 37.1 Å². The number of aromatic nitrogens is 1. The van der Waals surface area contributed by atoms with E-state index in [2.05, 4.69) is 4.98 Å². The van der Waals surface area contributed by atoms with Gasteiger partial charge in [0.2, 0.25) is 5.88 Å². The number of pyridine rings is 1. The van der Waals surface area contributed by atoms with Crippen LogP contribution in [0.5, 0.6) is 11.6 Å². The van der Waals surface area contributed by atoms with Crippen LogP contribution in [-0.2, 0) is 16.6 Å². The van der Waals surface area contributed by atoms with Gasteiger partial charge in [0.05, 0.1) is 5.41 Å². The minimum Gasteiger partial charge on any atom is -0.481 e. The third-order valence-corrected chi connectivity index (χ3v) is 3.75. The van der Waals surface area contributed by atoms with Gasteiger partial charge in [0.25, 0.3) is 0 Å². The smallest absolute Gasteiger partial charge is 0.313 e. The predicted octanol–water partition coefficient (Wildman–Crippen LogP) is 3.14. The highest BCUT2D eigenvalue weighted by atomic mass is 16.5. The fourth-order valence-electron chi connectivity index (χ4n) is 2.29. The van der Waals surface area contributed by atoms with E-state index in [1.54, 1.807) is 26.1 Å². The van der Waals surface area contributed by atoms with Gasteiger partial charge >= 0.3 is 5.97 Å². The lowest BCUT2D eigenvalue weighted by Crippen LogP contribution is -2.28. The van der Waals surface area contributed by atoms with Crippen molar-refractivity contribution in [1.29, 1.82) is 0 Å². The SMILES string of the molecule is CC(C)(C(=O)O)c1ccc2c(c1)Cc1cccnc1O2. The van der Waals surface area contributed by atoms with Gasteiger partial charge < -0.3 is 9.84 Å². The van der Waals surface area contributed by atoms with Crippen LogP contribution in [0, 0.1) is 0 Å². The van der Waals surface area contributed by atoms with Crippen LogP contribution in [0.15, 0.2) is 36.5 Å². The lowest BCUT2D eigenvalue weighted by atomic mass is 9.83. The molecule has 1 aliphatic heterocycles. The van der Waals surface area contributed by atoms with Gasteiger partial charge in [-0.25, -0.2) is 4.98 Å². The fourth-order valence-corrected chi connectivity index (χ4v) is 2.29. The molecule has 102 valence electrons. The Labute approximate surface area is 117 Å². The van der Waals surface area contributed by atoms with Crippen molar-refractivity contribution >= 4 is 5.97 Å². The first-order valence-electron chi connectivity index (χ1n) is 6.47. The number of fused-ring (bicyclic) bond motifs is 2. The highest BCUT2D eigenvalue weighted by Crippen LogP contribution is 2.37. The first kappa shape index (κ1) is 12.7. The summed E-state index contributed by atoms with van der Waals surface area (Å²) in [7, 11) is 0. The number of carboxylic acid groups (broad SMARTS) is 1. The summed E-state index contributed by atoms with van der Waals surface area (Å²) in [6, 6.07) is 9.39. The van der Waals surface area contributed by atoms with Crippen LogP contribution >= 0.6 is 0 Å². The molecule has 0 bridgehead atoms. The van der Waals surface area contributed by atoms with Gasteiger partial charge in [-0.1, -0.05) is 18.2 Å². The van der Waals surface area contributed by atoms with E-state index < -0.39 is 11.4 Å². The van der Waals surface area contributed by atoms with Crippen LogP contribution in [0.4, 0.5) is 0 Å². The Morgan fingerprint density at radius 2 is 2.10 bits per heavy atom. The summed E-state index contributed by atoms with van der Waals surface area (Å²) < 4.78 is 5.75. The van der Waals surface area contributed by atoms with E-state index in [0.29, 0.717) is 12.3 Å². The molecule has 0 saturated carbocycles. The number of nitrogens with zero attached hydrogens (tertiary/aromatic N) is 1. The normalized spacial score (nSPS) is 13.1. The minimum atomic E-state index is -0.912. The molecule has 1 aromatic carbocycles. The summed E-state index contributed by atoms with van der Waals surface area (Å²) >= 11 is 0. The number of aliphatic carboxylic acids is 1. The van der Waals surface area contributed by atoms with Gasteiger partial charge in [-0.3, -0.25) is 4.79 Å². The lowest BCUT2D eigenvalue weighted by molar-refractivity contribution is -0.142. The molecule has 4 nitrogen and oxygen atoms in total. The van der Waals surface area contributed by atoms with Gasteiger partial charge in [0.15, 0.2) is 0 Å². The molecule has 0 spiro atoms. The molecule has 1 aromatic heterocycles. The molecule has 0 aliphatic carbocycles. The molecule has 2 aromatic rings. The number of hydrogen-bond donors (Lipinski definition) is 1. The lowest BCUT2D eigenvalue weighted by Gasteiger charge is -2.24. The topological polar surface area (TPSA) is 59.4 Å². The van der Waals surface area contributed by atoms with E-state index in [1.165, 1.54) is 0 Å². The average molecular weight is 269 g/mol. The standard InChI is InChI=1S/C16H15NO3/c1-16(2,15(18)19)12-5-6-13-11(9-12)8-10-4-3-7-17-14(10)20-13/h3-7,9H,8H2,1-2H3,(H,18,19). The Morgan fingerprint density at radius 3 is 2.85 bits per heavy atom. The molecule has 0 amide bonds. The second kappa shape index (κ2) is 4.34. The largest absolute Gasteiger partial charge is 0.481 e. The molecule has 0 fully saturated rings. The van der Waals surface area contributed by atoms with E-state index in [0.717, 1.165) is 22.4 Å². The Bertz CT molecular complexity index is 692. The first-order chi connectivity index (χ1) is 9.48. The summed E-state index contributed by atoms with van der Waals surface area (Å²) in [5.74, 6) is 0.544. The molecule has 0 atom stereocenters. The molecular weight excluding hydrogens is 254 g/mol. The molecule has 1 aliphatic rings. The molecule has 20 heavy (non-hydrogen) atoms. The van der Waals surface area contributed by atoms with Crippen molar-refractivity contribution < 1.29 is 14.6 Å². The van der Waals surface area contributed by atoms with Crippen LogP contribution in [0.1, 0.15) is 30.5 Å². The summed E-state index contributed by atoms with van der Waals surface area (Å²) in [4.78, 5) is 15.5. The van der Waals surface area contributed by atoms with Crippen molar-refractivity contribution in [2.24, 2.45) is 0 Å². The Hall–Kier alpha value is -2.36. The minimum absolute atomic E-state index is 0.630. The van der Waals surface area contributed by atoms with Crippen LogP contribution in [0.25, 0.3) is 0 Å². The molecule has 0 radical (unpaired) electrons. The van der Waals surface area contributed by atoms with Crippen molar-refractivity contribution in [2.45, 2.75) is 25.7 Å². The summed E-state index contributed by atoms with van der Waals surface area (Å²) in [5.41, 5.74) is 1.88. The van der Waals surface area contributed by atoms with E-state index >= 15 is 0 Å². The summed E-state index contributed by atoms with van der Waals surface area (Å²) in [5, 5.41) is 9.32. The van der Waals surface area contributed by atoms with Gasteiger partial charge in [0, 0.05) is 18.2 Å². The number of carbonyl (C=O) groups is 1. The third kappa shape index (κ3) is 1.93. The van der Waals surface area contributed by atoms with E-state index in [1.807, 2.05) is 24.3 Å². The monoisotopic (exact) mass is 269 g/mol. The Balaban J connectivity index is 2.02. The van der Waals surface area contributed by atoms with Crippen LogP contribution in [-0.4, -0.2) is 16.1 Å². The number of ether oxygens (including phenoxy) is 1. The molecular formula is C16H15NO3. The van der Waals surface area contributed by atoms with Crippen molar-refractivity contribution in [3.63, 3.8) is 0 Å². The molecule has 0 saturated heterocycles. The Morgan fingerprint density at radius 1 is 1.30 bits per heavy atom. The van der Waals surface area contributed by atoms with Crippen molar-refractivity contribution in [2.75, 3.05) is 0 Å². The van der Waals surface area contributed by atoms with E-state index in [-0.39, 0.29) is 0 Å². The summed E-state index contributed by atoms with van der Waals surface area (Å²) in [6.45, 7) is 3.41. The fraction of sp³-hybridized carbons (Fsp3) is 0.250. The van der Waals surface area contributed by atoms with Crippen LogP contribution in [0.2, 0.25) is 0 Å². The zero-order valence-electron chi connectivity index (χ0n) is 11.4. The zero-order valence-corrected chi connectivity index (χ0v) is 11.4. The average Bonchev–Trinajstić information content (AvgIpc) is 2.44. The van der Waals surface area contributed by atoms with Crippen LogP contribution < -0.4 is 4.74 Å². The summed E-state index contributed by atoms with van der Waals surface area (Å²) in [6.07, 6.45) is 2.41. The number of benzene rings is 1. The maximum absolute atomic E-state index is 11.3. The second-order valence-corrected chi connectivity index (χ2v) is 5.50. The van der Waals surface area contributed by atoms with Gasteiger partial charge in [-0.15, -0.1) is 0 Å². The number of hydrogen-bond acceptors (Lipinski definition) is 3. The molecule has 0 unspecified atom stereocenters. The molecule has 3 rings (SSSR count). The van der Waals surface area contributed by atoms with Gasteiger partial charge in [0.1, 0.15) is 5.75 Å². The second-order valence-electron chi connectivity index (χ2n) is 5.50.